The molecule has 11 heteroatoms. The quantitative estimate of drug-likeness (QED) is 0.303. The fourth-order valence-corrected chi connectivity index (χ4v) is 3.40. The Kier molecular flexibility index (Phi) is 9.68. The van der Waals surface area contributed by atoms with Gasteiger partial charge in [-0.25, -0.2) is 4.79 Å². The second kappa shape index (κ2) is 12.9. The molecule has 1 aliphatic heterocycles. The van der Waals surface area contributed by atoms with Crippen molar-refractivity contribution in [3.05, 3.63) is 48.0 Å². The van der Waals surface area contributed by atoms with Gasteiger partial charge in [0.25, 0.3) is 0 Å². The number of para-hydroxylation sites is 1. The van der Waals surface area contributed by atoms with Crippen LogP contribution in [0.25, 0.3) is 0 Å². The molecule has 0 bridgehead atoms. The predicted molar refractivity (Wildman–Crippen MR) is 125 cm³/mol. The Hall–Kier alpha value is -3.15. The van der Waals surface area contributed by atoms with Crippen LogP contribution in [0.5, 0.6) is 17.2 Å². The van der Waals surface area contributed by atoms with Gasteiger partial charge in [-0.05, 0) is 18.2 Å². The molecule has 2 N–H and O–H groups in total. The molecule has 1 amide bonds. The summed E-state index contributed by atoms with van der Waals surface area (Å²) in [6.07, 6.45) is -2.08. The highest BCUT2D eigenvalue weighted by atomic mass is 32.1. The lowest BCUT2D eigenvalue weighted by molar-refractivity contribution is -0.141. The number of carbonyl (C=O) groups is 2. The van der Waals surface area contributed by atoms with E-state index in [1.807, 2.05) is 0 Å². The van der Waals surface area contributed by atoms with Gasteiger partial charge in [-0.15, -0.1) is 0 Å². The minimum absolute atomic E-state index is 0.0429. The average Bonchev–Trinajstić information content (AvgIpc) is 3.32. The first-order chi connectivity index (χ1) is 16.5. The molecule has 1 aliphatic rings. The van der Waals surface area contributed by atoms with Gasteiger partial charge in [0, 0.05) is 30.8 Å². The minimum atomic E-state index is -0.913. The van der Waals surface area contributed by atoms with E-state index in [2.05, 4.69) is 17.9 Å². The zero-order chi connectivity index (χ0) is 24.3. The summed E-state index contributed by atoms with van der Waals surface area (Å²) in [7, 11) is 1.47. The number of fused-ring (bicyclic) bond motifs is 1. The minimum Gasteiger partial charge on any atom is -0.491 e. The van der Waals surface area contributed by atoms with E-state index in [1.54, 1.807) is 42.5 Å². The fourth-order valence-electron chi connectivity index (χ4n) is 3.31. The Balaban J connectivity index is 1.79. The van der Waals surface area contributed by atoms with Crippen molar-refractivity contribution in [3.63, 3.8) is 0 Å². The second-order valence-electron chi connectivity index (χ2n) is 7.07. The topological polar surface area (TPSA) is 122 Å². The lowest BCUT2D eigenvalue weighted by Crippen LogP contribution is -2.30. The van der Waals surface area contributed by atoms with Crippen molar-refractivity contribution in [3.8, 4) is 17.2 Å². The standard InChI is InChI=1S/C23H27NO9S/c1-28-19(8-10-30-21(26)13-34)22(16-4-2-3-5-17(16)29-11-9-25)33-23(27)24-15-6-7-18-20(12-15)32-14-31-18/h2-7,12,19,22,25,34H,8-11,13-14H2,1H3,(H,24,27)/t19-,22-/m1/s1. The number of esters is 1. The zero-order valence-electron chi connectivity index (χ0n) is 18.6. The number of carbonyl (C=O) groups excluding carboxylic acids is 2. The number of benzene rings is 2. The maximum Gasteiger partial charge on any atom is 0.412 e. The van der Waals surface area contributed by atoms with Crippen LogP contribution in [0.3, 0.4) is 0 Å². The van der Waals surface area contributed by atoms with E-state index in [4.69, 9.17) is 33.5 Å². The van der Waals surface area contributed by atoms with Gasteiger partial charge in [-0.2, -0.15) is 12.6 Å². The molecular formula is C23H27NO9S. The monoisotopic (exact) mass is 493 g/mol. The Morgan fingerprint density at radius 1 is 1.15 bits per heavy atom. The third-order valence-corrected chi connectivity index (χ3v) is 5.12. The number of ether oxygens (including phenoxy) is 6. The maximum absolute atomic E-state index is 12.8. The number of aliphatic hydroxyl groups excluding tert-OH is 1. The third-order valence-electron chi connectivity index (χ3n) is 4.86. The summed E-state index contributed by atoms with van der Waals surface area (Å²) >= 11 is 3.89. The number of rotatable bonds is 12. The number of nitrogens with one attached hydrogen (secondary N) is 1. The van der Waals surface area contributed by atoms with Crippen LogP contribution in [0.2, 0.25) is 0 Å². The highest BCUT2D eigenvalue weighted by molar-refractivity contribution is 7.81. The molecular weight excluding hydrogens is 466 g/mol. The molecule has 10 nitrogen and oxygen atoms in total. The molecule has 0 aliphatic carbocycles. The molecule has 184 valence electrons. The van der Waals surface area contributed by atoms with Crippen LogP contribution in [0.4, 0.5) is 10.5 Å². The number of amides is 1. The first-order valence-electron chi connectivity index (χ1n) is 10.5. The zero-order valence-corrected chi connectivity index (χ0v) is 19.5. The number of anilines is 1. The molecule has 0 fully saturated rings. The number of methoxy groups -OCH3 is 1. The molecule has 0 saturated heterocycles. The smallest absolute Gasteiger partial charge is 0.412 e. The van der Waals surface area contributed by atoms with Crippen molar-refractivity contribution in [1.29, 1.82) is 0 Å². The lowest BCUT2D eigenvalue weighted by Gasteiger charge is -2.28. The Morgan fingerprint density at radius 2 is 1.94 bits per heavy atom. The van der Waals surface area contributed by atoms with E-state index in [9.17, 15) is 9.59 Å². The first kappa shape index (κ1) is 25.5. The highest BCUT2D eigenvalue weighted by Crippen LogP contribution is 2.35. The van der Waals surface area contributed by atoms with Gasteiger partial charge >= 0.3 is 12.1 Å². The van der Waals surface area contributed by atoms with Gasteiger partial charge < -0.3 is 33.5 Å². The SMILES string of the molecule is CO[C@H](CCOC(=O)CS)[C@H](OC(=O)Nc1ccc2c(c1)OCO2)c1ccccc1OCCO. The van der Waals surface area contributed by atoms with E-state index >= 15 is 0 Å². The molecule has 1 heterocycles. The lowest BCUT2D eigenvalue weighted by atomic mass is 10.0. The molecule has 34 heavy (non-hydrogen) atoms. The van der Waals surface area contributed by atoms with E-state index in [-0.39, 0.29) is 38.8 Å². The van der Waals surface area contributed by atoms with E-state index in [0.717, 1.165) is 0 Å². The average molecular weight is 494 g/mol. The fraction of sp³-hybridized carbons (Fsp3) is 0.391. The summed E-state index contributed by atoms with van der Waals surface area (Å²) in [6, 6.07) is 11.9. The van der Waals surface area contributed by atoms with Gasteiger partial charge in [0.05, 0.1) is 19.0 Å². The number of hydrogen-bond acceptors (Lipinski definition) is 10. The maximum atomic E-state index is 12.8. The van der Waals surface area contributed by atoms with Crippen molar-refractivity contribution in [2.24, 2.45) is 0 Å². The van der Waals surface area contributed by atoms with Crippen molar-refractivity contribution < 1.29 is 43.1 Å². The number of thiol groups is 1. The Bertz CT molecular complexity index is 971. The van der Waals surface area contributed by atoms with Crippen molar-refractivity contribution >= 4 is 30.4 Å². The summed E-state index contributed by atoms with van der Waals surface area (Å²) in [6.45, 7) is 0.0343. The van der Waals surface area contributed by atoms with Crippen molar-refractivity contribution in [1.82, 2.24) is 0 Å². The van der Waals surface area contributed by atoms with Gasteiger partial charge in [0.15, 0.2) is 17.6 Å². The summed E-state index contributed by atoms with van der Waals surface area (Å²) in [5.41, 5.74) is 0.985. The van der Waals surface area contributed by atoms with Crippen LogP contribution in [0.1, 0.15) is 18.1 Å². The van der Waals surface area contributed by atoms with Crippen LogP contribution in [0.15, 0.2) is 42.5 Å². The molecule has 0 spiro atoms. The third kappa shape index (κ3) is 6.92. The normalized spacial score (nSPS) is 13.6. The Labute approximate surface area is 202 Å². The van der Waals surface area contributed by atoms with E-state index in [1.165, 1.54) is 7.11 Å². The number of hydrogen-bond donors (Lipinski definition) is 3. The largest absolute Gasteiger partial charge is 0.491 e. The van der Waals surface area contributed by atoms with Gasteiger partial charge in [-0.1, -0.05) is 18.2 Å². The van der Waals surface area contributed by atoms with Crippen molar-refractivity contribution in [2.75, 3.05) is 44.8 Å². The molecule has 0 aromatic heterocycles. The summed E-state index contributed by atoms with van der Waals surface area (Å²) in [5, 5.41) is 11.8. The molecule has 0 radical (unpaired) electrons. The highest BCUT2D eigenvalue weighted by Gasteiger charge is 2.30. The predicted octanol–water partition coefficient (Wildman–Crippen LogP) is 2.95. The molecule has 2 atom stereocenters. The molecule has 0 saturated carbocycles. The molecule has 3 rings (SSSR count). The van der Waals surface area contributed by atoms with Gasteiger partial charge in [0.1, 0.15) is 18.5 Å². The second-order valence-corrected chi connectivity index (χ2v) is 7.39. The van der Waals surface area contributed by atoms with E-state index in [0.29, 0.717) is 28.5 Å². The van der Waals surface area contributed by atoms with Gasteiger partial charge in [0.2, 0.25) is 6.79 Å². The van der Waals surface area contributed by atoms with Crippen LogP contribution in [0, 0.1) is 0 Å². The summed E-state index contributed by atoms with van der Waals surface area (Å²) in [4.78, 5) is 24.3. The summed E-state index contributed by atoms with van der Waals surface area (Å²) < 4.78 is 32.7. The number of aliphatic hydroxyl groups is 1. The van der Waals surface area contributed by atoms with Crippen molar-refractivity contribution in [2.45, 2.75) is 18.6 Å². The summed E-state index contributed by atoms with van der Waals surface area (Å²) in [5.74, 6) is 1.00. The van der Waals surface area contributed by atoms with Crippen LogP contribution >= 0.6 is 12.6 Å². The first-order valence-corrected chi connectivity index (χ1v) is 11.2. The van der Waals surface area contributed by atoms with E-state index < -0.39 is 24.3 Å². The molecule has 0 unspecified atom stereocenters. The van der Waals surface area contributed by atoms with Crippen LogP contribution in [-0.2, 0) is 19.0 Å². The molecule has 2 aromatic rings. The molecule has 2 aromatic carbocycles. The van der Waals surface area contributed by atoms with Gasteiger partial charge in [-0.3, -0.25) is 10.1 Å². The van der Waals surface area contributed by atoms with Crippen LogP contribution in [-0.4, -0.2) is 62.7 Å². The Morgan fingerprint density at radius 3 is 2.71 bits per heavy atom. The van der Waals surface area contributed by atoms with Crippen LogP contribution < -0.4 is 19.5 Å².